The predicted molar refractivity (Wildman–Crippen MR) is 99.1 cm³/mol. The Morgan fingerprint density at radius 3 is 2.36 bits per heavy atom. The van der Waals surface area contributed by atoms with Crippen LogP contribution in [0.5, 0.6) is 0 Å². The van der Waals surface area contributed by atoms with Crippen molar-refractivity contribution in [3.63, 3.8) is 0 Å². The lowest BCUT2D eigenvalue weighted by molar-refractivity contribution is 0.0939. The number of aryl methyl sites for hydroxylation is 4. The number of nitrogens with zero attached hydrogens (tertiary/aromatic N) is 3. The van der Waals surface area contributed by atoms with Crippen LogP contribution in [0.4, 0.5) is 0 Å². The van der Waals surface area contributed by atoms with Crippen molar-refractivity contribution < 1.29 is 4.79 Å². The summed E-state index contributed by atoms with van der Waals surface area (Å²) < 4.78 is 3.80. The fourth-order valence-corrected chi connectivity index (χ4v) is 3.28. The normalized spacial score (nSPS) is 12.2. The number of carbonyl (C=O) groups excluding carboxylic acids is 1. The molecule has 0 fully saturated rings. The molecule has 0 bridgehead atoms. The van der Waals surface area contributed by atoms with Gasteiger partial charge in [0.2, 0.25) is 0 Å². The molecule has 1 unspecified atom stereocenters. The van der Waals surface area contributed by atoms with Gasteiger partial charge in [-0.25, -0.2) is 0 Å². The van der Waals surface area contributed by atoms with Crippen LogP contribution in [0.25, 0.3) is 5.82 Å². The van der Waals surface area contributed by atoms with E-state index in [1.165, 1.54) is 5.56 Å². The van der Waals surface area contributed by atoms with Gasteiger partial charge in [-0.2, -0.15) is 5.10 Å². The minimum absolute atomic E-state index is 0.0754. The van der Waals surface area contributed by atoms with Crippen LogP contribution in [0.3, 0.4) is 0 Å². The molecule has 130 valence electrons. The molecule has 1 N–H and O–H groups in total. The molecule has 0 saturated heterocycles. The summed E-state index contributed by atoms with van der Waals surface area (Å²) in [5.74, 6) is 0.667. The van der Waals surface area contributed by atoms with Crippen LogP contribution < -0.4 is 5.32 Å². The van der Waals surface area contributed by atoms with Crippen LogP contribution >= 0.6 is 0 Å². The van der Waals surface area contributed by atoms with Crippen molar-refractivity contribution in [2.45, 2.75) is 33.7 Å². The molecule has 5 nitrogen and oxygen atoms in total. The molecule has 0 aliphatic rings. The van der Waals surface area contributed by atoms with E-state index in [2.05, 4.69) is 28.0 Å². The summed E-state index contributed by atoms with van der Waals surface area (Å²) in [4.78, 5) is 12.9. The first-order chi connectivity index (χ1) is 11.9. The van der Waals surface area contributed by atoms with Crippen LogP contribution in [0.2, 0.25) is 0 Å². The first kappa shape index (κ1) is 17.0. The number of benzene rings is 1. The highest BCUT2D eigenvalue weighted by atomic mass is 16.1. The molecule has 0 aliphatic carbocycles. The number of aromatic nitrogens is 3. The molecule has 0 aliphatic heterocycles. The van der Waals surface area contributed by atoms with Crippen molar-refractivity contribution >= 4 is 5.91 Å². The van der Waals surface area contributed by atoms with E-state index in [-0.39, 0.29) is 11.9 Å². The van der Waals surface area contributed by atoms with Crippen molar-refractivity contribution in [2.24, 2.45) is 7.05 Å². The van der Waals surface area contributed by atoms with Crippen LogP contribution in [0, 0.1) is 20.8 Å². The third-order valence-corrected chi connectivity index (χ3v) is 4.64. The smallest absolute Gasteiger partial charge is 0.257 e. The largest absolute Gasteiger partial charge is 0.345 e. The Hall–Kier alpha value is -2.82. The van der Waals surface area contributed by atoms with E-state index < -0.39 is 0 Å². The maximum Gasteiger partial charge on any atom is 0.257 e. The average molecular weight is 336 g/mol. The predicted octanol–water partition coefficient (Wildman–Crippen LogP) is 3.63. The van der Waals surface area contributed by atoms with Gasteiger partial charge in [0.05, 0.1) is 12.2 Å². The van der Waals surface area contributed by atoms with E-state index in [0.717, 1.165) is 22.8 Å². The Morgan fingerprint density at radius 2 is 1.72 bits per heavy atom. The van der Waals surface area contributed by atoms with E-state index in [0.29, 0.717) is 5.56 Å². The molecule has 3 aromatic rings. The Balaban J connectivity index is 1.93. The van der Waals surface area contributed by atoms with E-state index in [1.54, 1.807) is 10.9 Å². The van der Waals surface area contributed by atoms with E-state index in [1.807, 2.05) is 58.2 Å². The number of rotatable bonds is 4. The van der Waals surface area contributed by atoms with Crippen molar-refractivity contribution in [1.29, 1.82) is 0 Å². The van der Waals surface area contributed by atoms with Gasteiger partial charge >= 0.3 is 0 Å². The maximum absolute atomic E-state index is 12.9. The lowest BCUT2D eigenvalue weighted by atomic mass is 10.0. The fourth-order valence-electron chi connectivity index (χ4n) is 3.28. The molecule has 0 saturated carbocycles. The third-order valence-electron chi connectivity index (χ3n) is 4.64. The number of amides is 1. The lowest BCUT2D eigenvalue weighted by Gasteiger charge is -2.17. The summed E-state index contributed by atoms with van der Waals surface area (Å²) in [6.07, 6.45) is 1.63. The van der Waals surface area contributed by atoms with Gasteiger partial charge in [-0.1, -0.05) is 24.3 Å². The lowest BCUT2D eigenvalue weighted by Crippen LogP contribution is -2.28. The summed E-state index contributed by atoms with van der Waals surface area (Å²) >= 11 is 0. The topological polar surface area (TPSA) is 51.9 Å². The van der Waals surface area contributed by atoms with Gasteiger partial charge in [-0.3, -0.25) is 9.48 Å². The standard InChI is InChI=1S/C20H24N4O/c1-13-8-6-7-9-17(13)16(4)22-19(25)18-12-21-23(5)20(18)24-14(2)10-11-15(24)3/h6-12,16H,1-5H3,(H,22,25). The van der Waals surface area contributed by atoms with Gasteiger partial charge in [0.15, 0.2) is 0 Å². The second-order valence-electron chi connectivity index (χ2n) is 6.51. The molecule has 3 rings (SSSR count). The second-order valence-corrected chi connectivity index (χ2v) is 6.51. The van der Waals surface area contributed by atoms with Crippen molar-refractivity contribution in [3.05, 3.63) is 70.7 Å². The highest BCUT2D eigenvalue weighted by Gasteiger charge is 2.21. The maximum atomic E-state index is 12.9. The first-order valence-electron chi connectivity index (χ1n) is 8.44. The molecule has 2 aromatic heterocycles. The summed E-state index contributed by atoms with van der Waals surface area (Å²) in [6, 6.07) is 12.1. The molecular formula is C20H24N4O. The molecular weight excluding hydrogens is 312 g/mol. The molecule has 0 spiro atoms. The Morgan fingerprint density at radius 1 is 1.08 bits per heavy atom. The van der Waals surface area contributed by atoms with Gasteiger partial charge in [-0.05, 0) is 51.0 Å². The molecule has 25 heavy (non-hydrogen) atoms. The van der Waals surface area contributed by atoms with E-state index in [4.69, 9.17) is 0 Å². The van der Waals surface area contributed by atoms with Gasteiger partial charge < -0.3 is 9.88 Å². The molecule has 2 heterocycles. The zero-order chi connectivity index (χ0) is 18.1. The van der Waals surface area contributed by atoms with Crippen LogP contribution in [0.15, 0.2) is 42.6 Å². The zero-order valence-electron chi connectivity index (χ0n) is 15.4. The van der Waals surface area contributed by atoms with Gasteiger partial charge in [-0.15, -0.1) is 0 Å². The zero-order valence-corrected chi connectivity index (χ0v) is 15.4. The minimum atomic E-state index is -0.119. The summed E-state index contributed by atoms with van der Waals surface area (Å²) in [6.45, 7) is 8.11. The Labute approximate surface area is 148 Å². The minimum Gasteiger partial charge on any atom is -0.345 e. The van der Waals surface area contributed by atoms with Crippen molar-refractivity contribution in [2.75, 3.05) is 0 Å². The third kappa shape index (κ3) is 3.09. The highest BCUT2D eigenvalue weighted by Crippen LogP contribution is 2.22. The first-order valence-corrected chi connectivity index (χ1v) is 8.44. The van der Waals surface area contributed by atoms with Gasteiger partial charge in [0.25, 0.3) is 5.91 Å². The molecule has 5 heteroatoms. The summed E-state index contributed by atoms with van der Waals surface area (Å²) in [5.41, 5.74) is 5.00. The van der Waals surface area contributed by atoms with Crippen LogP contribution in [-0.4, -0.2) is 20.3 Å². The monoisotopic (exact) mass is 336 g/mol. The Kier molecular flexibility index (Phi) is 4.49. The fraction of sp³-hybridized carbons (Fsp3) is 0.300. The average Bonchev–Trinajstić information content (AvgIpc) is 3.10. The molecule has 1 amide bonds. The van der Waals surface area contributed by atoms with Crippen molar-refractivity contribution in [1.82, 2.24) is 19.7 Å². The number of hydrogen-bond donors (Lipinski definition) is 1. The number of hydrogen-bond acceptors (Lipinski definition) is 2. The molecule has 0 radical (unpaired) electrons. The number of nitrogens with one attached hydrogen (secondary N) is 1. The van der Waals surface area contributed by atoms with E-state index in [9.17, 15) is 4.79 Å². The van der Waals surface area contributed by atoms with Crippen molar-refractivity contribution in [3.8, 4) is 5.82 Å². The number of carbonyl (C=O) groups is 1. The summed E-state index contributed by atoms with van der Waals surface area (Å²) in [5, 5.41) is 7.41. The second kappa shape index (κ2) is 6.59. The Bertz CT molecular complexity index is 900. The van der Waals surface area contributed by atoms with Gasteiger partial charge in [0, 0.05) is 18.4 Å². The van der Waals surface area contributed by atoms with E-state index >= 15 is 0 Å². The van der Waals surface area contributed by atoms with Gasteiger partial charge in [0.1, 0.15) is 11.4 Å². The SMILES string of the molecule is Cc1ccccc1C(C)NC(=O)c1cnn(C)c1-n1c(C)ccc1C. The quantitative estimate of drug-likeness (QED) is 0.791. The highest BCUT2D eigenvalue weighted by molar-refractivity contribution is 5.97. The molecule has 1 atom stereocenters. The molecule has 1 aromatic carbocycles. The summed E-state index contributed by atoms with van der Waals surface area (Å²) in [7, 11) is 1.86. The van der Waals surface area contributed by atoms with Crippen LogP contribution in [-0.2, 0) is 7.05 Å². The van der Waals surface area contributed by atoms with Crippen LogP contribution in [0.1, 0.15) is 45.8 Å².